The molecule has 1 spiro atoms. The van der Waals surface area contributed by atoms with Crippen LogP contribution in [0.4, 0.5) is 13.2 Å². The molecule has 170 valence electrons. The van der Waals surface area contributed by atoms with Gasteiger partial charge in [0, 0.05) is 52.1 Å². The predicted octanol–water partition coefficient (Wildman–Crippen LogP) is 1.13. The van der Waals surface area contributed by atoms with Gasteiger partial charge in [-0.3, -0.25) is 4.98 Å². The van der Waals surface area contributed by atoms with Crippen molar-refractivity contribution < 1.29 is 41.0 Å². The third kappa shape index (κ3) is 5.88. The first-order valence-corrected chi connectivity index (χ1v) is 10.4. The van der Waals surface area contributed by atoms with Gasteiger partial charge in [0.1, 0.15) is 5.60 Å². The number of halogens is 3. The molecule has 1 unspecified atom stereocenters. The van der Waals surface area contributed by atoms with Crippen LogP contribution in [-0.2, 0) is 31.1 Å². The SMILES string of the molecule is CN(C)S(=O)(=O)N1CC2(C1)OCCC2COCc1ccncc1.O=C(O)C(F)(F)F. The van der Waals surface area contributed by atoms with Gasteiger partial charge < -0.3 is 14.6 Å². The summed E-state index contributed by atoms with van der Waals surface area (Å²) in [7, 11) is -0.258. The zero-order valence-corrected chi connectivity index (χ0v) is 17.3. The van der Waals surface area contributed by atoms with Crippen molar-refractivity contribution in [2.24, 2.45) is 5.92 Å². The summed E-state index contributed by atoms with van der Waals surface area (Å²) in [6, 6.07) is 3.85. The molecule has 9 nitrogen and oxygen atoms in total. The minimum atomic E-state index is -5.08. The van der Waals surface area contributed by atoms with Crippen LogP contribution < -0.4 is 0 Å². The molecule has 0 aromatic carbocycles. The lowest BCUT2D eigenvalue weighted by molar-refractivity contribution is -0.192. The molecule has 0 amide bonds. The molecule has 3 rings (SSSR count). The Kier molecular flexibility index (Phi) is 7.80. The second kappa shape index (κ2) is 9.56. The molecular weight excluding hydrogens is 431 g/mol. The maximum atomic E-state index is 12.1. The Labute approximate surface area is 172 Å². The highest BCUT2D eigenvalue weighted by atomic mass is 32.2. The average Bonchev–Trinajstić information content (AvgIpc) is 3.05. The molecule has 1 aromatic rings. The first kappa shape index (κ1) is 24.5. The molecule has 0 saturated carbocycles. The van der Waals surface area contributed by atoms with Crippen LogP contribution in [0.25, 0.3) is 0 Å². The normalized spacial score (nSPS) is 21.2. The summed E-state index contributed by atoms with van der Waals surface area (Å²) in [5.41, 5.74) is 0.708. The Hall–Kier alpha value is -1.80. The number of aromatic nitrogens is 1. The fourth-order valence-electron chi connectivity index (χ4n) is 3.11. The van der Waals surface area contributed by atoms with E-state index in [4.69, 9.17) is 19.4 Å². The van der Waals surface area contributed by atoms with Gasteiger partial charge in [-0.1, -0.05) is 0 Å². The number of hydrogen-bond acceptors (Lipinski definition) is 6. The van der Waals surface area contributed by atoms with E-state index in [2.05, 4.69) is 4.98 Å². The van der Waals surface area contributed by atoms with Gasteiger partial charge >= 0.3 is 12.1 Å². The Morgan fingerprint density at radius 3 is 2.43 bits per heavy atom. The van der Waals surface area contributed by atoms with Gasteiger partial charge in [0.15, 0.2) is 0 Å². The quantitative estimate of drug-likeness (QED) is 0.685. The maximum absolute atomic E-state index is 12.1. The van der Waals surface area contributed by atoms with E-state index < -0.39 is 22.4 Å². The van der Waals surface area contributed by atoms with Crippen molar-refractivity contribution in [3.8, 4) is 0 Å². The van der Waals surface area contributed by atoms with E-state index in [0.29, 0.717) is 32.9 Å². The van der Waals surface area contributed by atoms with Crippen molar-refractivity contribution in [3.63, 3.8) is 0 Å². The van der Waals surface area contributed by atoms with Gasteiger partial charge in [-0.15, -0.1) is 0 Å². The molecule has 1 atom stereocenters. The summed E-state index contributed by atoms with van der Waals surface area (Å²) in [6.07, 6.45) is -0.685. The zero-order valence-electron chi connectivity index (χ0n) is 16.5. The lowest BCUT2D eigenvalue weighted by Gasteiger charge is -2.49. The monoisotopic (exact) mass is 455 g/mol. The highest BCUT2D eigenvalue weighted by Gasteiger charge is 2.56. The van der Waals surface area contributed by atoms with Crippen molar-refractivity contribution in [1.29, 1.82) is 0 Å². The molecule has 0 aliphatic carbocycles. The van der Waals surface area contributed by atoms with E-state index in [1.807, 2.05) is 12.1 Å². The number of hydrogen-bond donors (Lipinski definition) is 1. The molecule has 30 heavy (non-hydrogen) atoms. The summed E-state index contributed by atoms with van der Waals surface area (Å²) >= 11 is 0. The maximum Gasteiger partial charge on any atom is 0.490 e. The summed E-state index contributed by atoms with van der Waals surface area (Å²) < 4.78 is 70.4. The van der Waals surface area contributed by atoms with Crippen molar-refractivity contribution in [2.45, 2.75) is 24.8 Å². The Bertz CT molecular complexity index is 814. The van der Waals surface area contributed by atoms with E-state index in [1.165, 1.54) is 8.61 Å². The fourth-order valence-corrected chi connectivity index (χ4v) is 4.34. The second-order valence-electron chi connectivity index (χ2n) is 7.13. The van der Waals surface area contributed by atoms with Gasteiger partial charge in [-0.05, 0) is 24.1 Å². The molecular formula is C17H24F3N3O6S. The third-order valence-corrected chi connectivity index (χ3v) is 6.69. The smallest absolute Gasteiger partial charge is 0.475 e. The molecule has 2 aliphatic heterocycles. The van der Waals surface area contributed by atoms with Crippen molar-refractivity contribution in [2.75, 3.05) is 40.4 Å². The molecule has 13 heteroatoms. The van der Waals surface area contributed by atoms with Gasteiger partial charge in [-0.25, -0.2) is 4.79 Å². The van der Waals surface area contributed by atoms with E-state index in [9.17, 15) is 21.6 Å². The minimum Gasteiger partial charge on any atom is -0.475 e. The Balaban J connectivity index is 0.000000396. The van der Waals surface area contributed by atoms with Crippen LogP contribution in [0.3, 0.4) is 0 Å². The van der Waals surface area contributed by atoms with E-state index in [1.54, 1.807) is 26.5 Å². The number of carbonyl (C=O) groups is 1. The first-order valence-electron chi connectivity index (χ1n) is 8.97. The van der Waals surface area contributed by atoms with Gasteiger partial charge in [0.25, 0.3) is 10.2 Å². The van der Waals surface area contributed by atoms with Gasteiger partial charge in [-0.2, -0.15) is 30.2 Å². The number of ether oxygens (including phenoxy) is 2. The molecule has 3 heterocycles. The molecule has 1 aromatic heterocycles. The predicted molar refractivity (Wildman–Crippen MR) is 98.6 cm³/mol. The number of carboxylic acids is 1. The summed E-state index contributed by atoms with van der Waals surface area (Å²) in [5.74, 6) is -2.52. The van der Waals surface area contributed by atoms with Crippen molar-refractivity contribution in [1.82, 2.24) is 13.6 Å². The number of aliphatic carboxylic acids is 1. The highest BCUT2D eigenvalue weighted by Crippen LogP contribution is 2.41. The fraction of sp³-hybridized carbons (Fsp3) is 0.647. The first-order chi connectivity index (χ1) is 13.9. The van der Waals surface area contributed by atoms with Crippen LogP contribution in [-0.4, -0.2) is 85.3 Å². The van der Waals surface area contributed by atoms with Crippen LogP contribution in [0.15, 0.2) is 24.5 Å². The topological polar surface area (TPSA) is 109 Å². The lowest BCUT2D eigenvalue weighted by atomic mass is 9.83. The standard InChI is InChI=1S/C15H23N3O4S.C2HF3O2/c1-17(2)23(19,20)18-11-15(12-18)14(5-8-22-15)10-21-9-13-3-6-16-7-4-13;3-2(4,5)1(6)7/h3-4,6-7,14H,5,8-12H2,1-2H3;(H,6,7). The van der Waals surface area contributed by atoms with Crippen molar-refractivity contribution in [3.05, 3.63) is 30.1 Å². The number of nitrogens with zero attached hydrogens (tertiary/aromatic N) is 3. The Morgan fingerprint density at radius 1 is 1.37 bits per heavy atom. The van der Waals surface area contributed by atoms with E-state index >= 15 is 0 Å². The number of pyridine rings is 1. The van der Waals surface area contributed by atoms with Crippen LogP contribution in [0.1, 0.15) is 12.0 Å². The van der Waals surface area contributed by atoms with Crippen LogP contribution in [0.5, 0.6) is 0 Å². The van der Waals surface area contributed by atoms with Crippen LogP contribution in [0, 0.1) is 5.92 Å². The highest BCUT2D eigenvalue weighted by molar-refractivity contribution is 7.86. The second-order valence-corrected chi connectivity index (χ2v) is 9.27. The summed E-state index contributed by atoms with van der Waals surface area (Å²) in [5, 5.41) is 7.12. The molecule has 1 N–H and O–H groups in total. The van der Waals surface area contributed by atoms with Crippen LogP contribution >= 0.6 is 0 Å². The number of rotatable bonds is 6. The van der Waals surface area contributed by atoms with Gasteiger partial charge in [0.2, 0.25) is 0 Å². The van der Waals surface area contributed by atoms with E-state index in [0.717, 1.165) is 12.0 Å². The van der Waals surface area contributed by atoms with E-state index in [-0.39, 0.29) is 11.5 Å². The van der Waals surface area contributed by atoms with Crippen LogP contribution in [0.2, 0.25) is 0 Å². The Morgan fingerprint density at radius 2 is 1.93 bits per heavy atom. The molecule has 0 bridgehead atoms. The lowest BCUT2D eigenvalue weighted by Crippen LogP contribution is -2.67. The average molecular weight is 455 g/mol. The summed E-state index contributed by atoms with van der Waals surface area (Å²) in [4.78, 5) is 12.9. The molecule has 0 radical (unpaired) electrons. The molecule has 2 aliphatic rings. The number of alkyl halides is 3. The molecule has 2 fully saturated rings. The number of carboxylic acid groups (broad SMARTS) is 1. The zero-order chi connectivity index (χ0) is 22.6. The minimum absolute atomic E-state index is 0.234. The third-order valence-electron chi connectivity index (χ3n) is 4.86. The van der Waals surface area contributed by atoms with Crippen molar-refractivity contribution >= 4 is 16.2 Å². The molecule has 2 saturated heterocycles. The summed E-state index contributed by atoms with van der Waals surface area (Å²) in [6.45, 7) is 2.61. The largest absolute Gasteiger partial charge is 0.490 e. The van der Waals surface area contributed by atoms with Gasteiger partial charge in [0.05, 0.1) is 13.2 Å².